The predicted molar refractivity (Wildman–Crippen MR) is 77.6 cm³/mol. The molecule has 0 amide bonds. The average Bonchev–Trinajstić information content (AvgIpc) is 2.43. The van der Waals surface area contributed by atoms with Crippen LogP contribution in [0.1, 0.15) is 25.8 Å². The molecule has 0 radical (unpaired) electrons. The molecule has 0 aliphatic heterocycles. The molecule has 7 heteroatoms. The summed E-state index contributed by atoms with van der Waals surface area (Å²) in [7, 11) is -1.96. The molecule has 1 rings (SSSR count). The highest BCUT2D eigenvalue weighted by atomic mass is 32.2. The molecule has 0 saturated carbocycles. The summed E-state index contributed by atoms with van der Waals surface area (Å²) in [5.41, 5.74) is 6.07. The fourth-order valence-corrected chi connectivity index (χ4v) is 2.69. The number of ether oxygens (including phenoxy) is 1. The smallest absolute Gasteiger partial charge is 0.258 e. The van der Waals surface area contributed by atoms with Gasteiger partial charge in [0.2, 0.25) is 0 Å². The van der Waals surface area contributed by atoms with Gasteiger partial charge >= 0.3 is 0 Å². The lowest BCUT2D eigenvalue weighted by Crippen LogP contribution is -2.35. The zero-order valence-electron chi connectivity index (χ0n) is 12.2. The highest BCUT2D eigenvalue weighted by Crippen LogP contribution is 2.19. The van der Waals surface area contributed by atoms with Crippen LogP contribution in [-0.4, -0.2) is 33.7 Å². The minimum Gasteiger partial charge on any atom is -0.385 e. The number of pyridine rings is 1. The van der Waals surface area contributed by atoms with E-state index in [9.17, 15) is 8.42 Å². The number of rotatable bonds is 8. The Kier molecular flexibility index (Phi) is 6.07. The molecule has 114 valence electrons. The van der Waals surface area contributed by atoms with E-state index in [0.29, 0.717) is 19.7 Å². The van der Waals surface area contributed by atoms with Crippen molar-refractivity contribution in [2.24, 2.45) is 11.1 Å². The van der Waals surface area contributed by atoms with Gasteiger partial charge in [0, 0.05) is 33.0 Å². The van der Waals surface area contributed by atoms with Crippen LogP contribution in [0, 0.1) is 5.41 Å². The molecular weight excluding hydrogens is 278 g/mol. The molecule has 0 aliphatic rings. The van der Waals surface area contributed by atoms with E-state index in [2.05, 4.69) is 9.71 Å². The lowest BCUT2D eigenvalue weighted by Gasteiger charge is -2.24. The van der Waals surface area contributed by atoms with Gasteiger partial charge in [-0.05, 0) is 23.5 Å². The second kappa shape index (κ2) is 7.12. The van der Waals surface area contributed by atoms with Gasteiger partial charge in [-0.1, -0.05) is 19.9 Å². The molecule has 1 aromatic rings. The Morgan fingerprint density at radius 1 is 1.40 bits per heavy atom. The van der Waals surface area contributed by atoms with Crippen LogP contribution in [0.25, 0.3) is 0 Å². The Morgan fingerprint density at radius 3 is 2.60 bits per heavy atom. The van der Waals surface area contributed by atoms with Gasteiger partial charge in [0.05, 0.1) is 0 Å². The third-order valence-electron chi connectivity index (χ3n) is 3.03. The van der Waals surface area contributed by atoms with Crippen molar-refractivity contribution in [3.05, 3.63) is 23.9 Å². The number of nitrogens with zero attached hydrogens (tertiary/aromatic N) is 1. The fourth-order valence-electron chi connectivity index (χ4n) is 1.52. The van der Waals surface area contributed by atoms with Gasteiger partial charge in [-0.3, -0.25) is 0 Å². The van der Waals surface area contributed by atoms with E-state index in [4.69, 9.17) is 10.5 Å². The molecule has 0 unspecified atom stereocenters. The van der Waals surface area contributed by atoms with E-state index < -0.39 is 10.0 Å². The predicted octanol–water partition coefficient (Wildman–Crippen LogP) is 0.881. The summed E-state index contributed by atoms with van der Waals surface area (Å²) in [4.78, 5) is 3.93. The number of hydrogen-bond acceptors (Lipinski definition) is 5. The van der Waals surface area contributed by atoms with Crippen molar-refractivity contribution in [1.29, 1.82) is 0 Å². The quantitative estimate of drug-likeness (QED) is 0.743. The van der Waals surface area contributed by atoms with Crippen LogP contribution in [-0.2, 0) is 21.3 Å². The van der Waals surface area contributed by atoms with Gasteiger partial charge in [0.15, 0.2) is 5.03 Å². The summed E-state index contributed by atoms with van der Waals surface area (Å²) in [5.74, 6) is 0. The third-order valence-corrected chi connectivity index (χ3v) is 4.35. The Balaban J connectivity index is 2.69. The van der Waals surface area contributed by atoms with Gasteiger partial charge in [0.25, 0.3) is 10.0 Å². The van der Waals surface area contributed by atoms with E-state index in [-0.39, 0.29) is 10.4 Å². The SMILES string of the molecule is COCCC(C)(C)CNS(=O)(=O)c1ccc(CN)cn1. The van der Waals surface area contributed by atoms with Gasteiger partial charge in [-0.15, -0.1) is 0 Å². The maximum absolute atomic E-state index is 12.1. The maximum atomic E-state index is 12.1. The number of hydrogen-bond donors (Lipinski definition) is 2. The van der Waals surface area contributed by atoms with Crippen molar-refractivity contribution in [3.63, 3.8) is 0 Å². The van der Waals surface area contributed by atoms with Crippen LogP contribution in [0.2, 0.25) is 0 Å². The zero-order chi connectivity index (χ0) is 15.2. The van der Waals surface area contributed by atoms with Crippen LogP contribution in [0.3, 0.4) is 0 Å². The van der Waals surface area contributed by atoms with Crippen LogP contribution >= 0.6 is 0 Å². The van der Waals surface area contributed by atoms with Crippen LogP contribution in [0.4, 0.5) is 0 Å². The standard InChI is InChI=1S/C13H23N3O3S/c1-13(2,6-7-19-3)10-16-20(17,18)12-5-4-11(8-14)9-15-12/h4-5,9,16H,6-8,10,14H2,1-3H3. The zero-order valence-corrected chi connectivity index (χ0v) is 13.0. The minimum atomic E-state index is -3.59. The molecule has 0 bridgehead atoms. The Hall–Kier alpha value is -1.02. The Bertz CT molecular complexity index is 512. The first kappa shape index (κ1) is 17.0. The van der Waals surface area contributed by atoms with Crippen molar-refractivity contribution in [2.75, 3.05) is 20.3 Å². The lowest BCUT2D eigenvalue weighted by molar-refractivity contribution is 0.153. The second-order valence-corrected chi connectivity index (χ2v) is 7.15. The summed E-state index contributed by atoms with van der Waals surface area (Å²) in [6, 6.07) is 3.13. The van der Waals surface area contributed by atoms with E-state index >= 15 is 0 Å². The first-order valence-electron chi connectivity index (χ1n) is 6.44. The number of nitrogens with one attached hydrogen (secondary N) is 1. The van der Waals surface area contributed by atoms with E-state index in [1.807, 2.05) is 13.8 Å². The number of aromatic nitrogens is 1. The first-order valence-corrected chi connectivity index (χ1v) is 7.93. The molecule has 1 heterocycles. The van der Waals surface area contributed by atoms with Crippen molar-refractivity contribution in [2.45, 2.75) is 31.8 Å². The molecule has 0 fully saturated rings. The second-order valence-electron chi connectivity index (χ2n) is 5.44. The fraction of sp³-hybridized carbons (Fsp3) is 0.615. The highest BCUT2D eigenvalue weighted by molar-refractivity contribution is 7.89. The molecule has 0 spiro atoms. The Morgan fingerprint density at radius 2 is 2.10 bits per heavy atom. The van der Waals surface area contributed by atoms with Crippen LogP contribution in [0.15, 0.2) is 23.4 Å². The number of nitrogens with two attached hydrogens (primary N) is 1. The average molecular weight is 301 g/mol. The van der Waals surface area contributed by atoms with Crippen LogP contribution in [0.5, 0.6) is 0 Å². The summed E-state index contributed by atoms with van der Waals surface area (Å²) in [5, 5.41) is 0.0113. The van der Waals surface area contributed by atoms with E-state index in [1.54, 1.807) is 13.2 Å². The molecule has 0 atom stereocenters. The molecular formula is C13H23N3O3S. The number of methoxy groups -OCH3 is 1. The summed E-state index contributed by atoms with van der Waals surface area (Å²) >= 11 is 0. The molecule has 3 N–H and O–H groups in total. The topological polar surface area (TPSA) is 94.3 Å². The molecule has 0 aliphatic carbocycles. The van der Waals surface area contributed by atoms with E-state index in [0.717, 1.165) is 12.0 Å². The molecule has 20 heavy (non-hydrogen) atoms. The monoisotopic (exact) mass is 301 g/mol. The van der Waals surface area contributed by atoms with E-state index in [1.165, 1.54) is 12.3 Å². The van der Waals surface area contributed by atoms with Gasteiger partial charge < -0.3 is 10.5 Å². The summed E-state index contributed by atoms with van der Waals surface area (Å²) in [6.45, 7) is 5.24. The summed E-state index contributed by atoms with van der Waals surface area (Å²) in [6.07, 6.45) is 2.25. The Labute approximate surface area is 120 Å². The summed E-state index contributed by atoms with van der Waals surface area (Å²) < 4.78 is 31.8. The van der Waals surface area contributed by atoms with Crippen molar-refractivity contribution in [1.82, 2.24) is 9.71 Å². The van der Waals surface area contributed by atoms with Crippen molar-refractivity contribution < 1.29 is 13.2 Å². The third kappa shape index (κ3) is 5.16. The minimum absolute atomic E-state index is 0.0113. The maximum Gasteiger partial charge on any atom is 0.258 e. The molecule has 0 saturated heterocycles. The molecule has 0 aromatic carbocycles. The molecule has 1 aromatic heterocycles. The molecule has 6 nitrogen and oxygen atoms in total. The van der Waals surface area contributed by atoms with Crippen molar-refractivity contribution >= 4 is 10.0 Å². The number of sulfonamides is 1. The van der Waals surface area contributed by atoms with Gasteiger partial charge in [-0.25, -0.2) is 18.1 Å². The van der Waals surface area contributed by atoms with Crippen molar-refractivity contribution in [3.8, 4) is 0 Å². The van der Waals surface area contributed by atoms with Gasteiger partial charge in [0.1, 0.15) is 0 Å². The normalized spacial score (nSPS) is 12.6. The van der Waals surface area contributed by atoms with Crippen LogP contribution < -0.4 is 10.5 Å². The first-order chi connectivity index (χ1) is 9.30. The van der Waals surface area contributed by atoms with Gasteiger partial charge in [-0.2, -0.15) is 0 Å². The largest absolute Gasteiger partial charge is 0.385 e. The highest BCUT2D eigenvalue weighted by Gasteiger charge is 2.22. The lowest BCUT2D eigenvalue weighted by atomic mass is 9.90.